The highest BCUT2D eigenvalue weighted by Gasteiger charge is 2.31. The Labute approximate surface area is 150 Å². The fraction of sp³-hybridized carbons (Fsp3) is 0.158. The average Bonchev–Trinajstić information content (AvgIpc) is 2.55. The first-order valence-corrected chi connectivity index (χ1v) is 7.30. The molecule has 0 amide bonds. The Balaban J connectivity index is 1.89. The standard InChI is InChI=1S/C19H10F6O2/c20-18(21,22)26-16-10-6-14(7-11-16)4-2-1-3-5-15-8-12-17(13-9-15)27-19(23,24)25/h6-13H,1H2. The zero-order chi connectivity index (χ0) is 19.9. The summed E-state index contributed by atoms with van der Waals surface area (Å²) in [6.07, 6.45) is -9.33. The van der Waals surface area contributed by atoms with Gasteiger partial charge >= 0.3 is 12.7 Å². The first-order chi connectivity index (χ1) is 12.6. The highest BCUT2D eigenvalue weighted by Crippen LogP contribution is 2.23. The number of rotatable bonds is 2. The SMILES string of the molecule is FC(F)(F)Oc1ccc(C#CCC#Cc2ccc(OC(F)(F)F)cc2)cc1. The molecular formula is C19H10F6O2. The summed E-state index contributed by atoms with van der Waals surface area (Å²) in [7, 11) is 0. The van der Waals surface area contributed by atoms with Crippen molar-refractivity contribution in [2.24, 2.45) is 0 Å². The zero-order valence-corrected chi connectivity index (χ0v) is 13.4. The number of halogens is 6. The Hall–Kier alpha value is -3.26. The Morgan fingerprint density at radius 3 is 1.22 bits per heavy atom. The van der Waals surface area contributed by atoms with E-state index in [-0.39, 0.29) is 17.9 Å². The summed E-state index contributed by atoms with van der Waals surface area (Å²) >= 11 is 0. The number of benzene rings is 2. The van der Waals surface area contributed by atoms with Gasteiger partial charge in [0.05, 0.1) is 6.42 Å². The molecule has 0 aliphatic carbocycles. The Morgan fingerprint density at radius 2 is 0.926 bits per heavy atom. The molecule has 8 heteroatoms. The van der Waals surface area contributed by atoms with Crippen LogP contribution in [0.4, 0.5) is 26.3 Å². The van der Waals surface area contributed by atoms with E-state index in [0.29, 0.717) is 11.1 Å². The smallest absolute Gasteiger partial charge is 0.406 e. The summed E-state index contributed by atoms with van der Waals surface area (Å²) in [5.41, 5.74) is 0.972. The Bertz CT molecular complexity index is 798. The van der Waals surface area contributed by atoms with Crippen LogP contribution in [0.25, 0.3) is 0 Å². The maximum absolute atomic E-state index is 12.0. The van der Waals surface area contributed by atoms with E-state index >= 15 is 0 Å². The molecule has 0 spiro atoms. The van der Waals surface area contributed by atoms with Crippen LogP contribution in [0.2, 0.25) is 0 Å². The van der Waals surface area contributed by atoms with Crippen LogP contribution in [0.3, 0.4) is 0 Å². The predicted molar refractivity (Wildman–Crippen MR) is 84.6 cm³/mol. The van der Waals surface area contributed by atoms with Crippen molar-refractivity contribution >= 4 is 0 Å². The maximum atomic E-state index is 12.0. The molecule has 2 aromatic rings. The zero-order valence-electron chi connectivity index (χ0n) is 13.4. The highest BCUT2D eigenvalue weighted by atomic mass is 19.4. The minimum atomic E-state index is -4.75. The molecule has 0 heterocycles. The maximum Gasteiger partial charge on any atom is 0.573 e. The fourth-order valence-corrected chi connectivity index (χ4v) is 1.82. The van der Waals surface area contributed by atoms with Gasteiger partial charge < -0.3 is 9.47 Å². The third kappa shape index (κ3) is 8.10. The molecular weight excluding hydrogens is 374 g/mol. The number of hydrogen-bond acceptors (Lipinski definition) is 2. The van der Waals surface area contributed by atoms with Gasteiger partial charge in [0.15, 0.2) is 0 Å². The van der Waals surface area contributed by atoms with Crippen molar-refractivity contribution in [3.05, 3.63) is 59.7 Å². The lowest BCUT2D eigenvalue weighted by Gasteiger charge is -2.07. The largest absolute Gasteiger partial charge is 0.573 e. The lowest BCUT2D eigenvalue weighted by molar-refractivity contribution is -0.275. The van der Waals surface area contributed by atoms with Gasteiger partial charge in [-0.25, -0.2) is 0 Å². The van der Waals surface area contributed by atoms with E-state index in [1.807, 2.05) is 0 Å². The van der Waals surface area contributed by atoms with E-state index in [1.54, 1.807) is 0 Å². The molecule has 0 atom stereocenters. The third-order valence-corrected chi connectivity index (χ3v) is 2.82. The molecule has 0 saturated heterocycles. The molecule has 0 unspecified atom stereocenters. The topological polar surface area (TPSA) is 18.5 Å². The Kier molecular flexibility index (Phi) is 6.25. The third-order valence-electron chi connectivity index (χ3n) is 2.82. The molecule has 140 valence electrons. The molecule has 0 aliphatic heterocycles. The minimum Gasteiger partial charge on any atom is -0.406 e. The van der Waals surface area contributed by atoms with Crippen molar-refractivity contribution in [2.75, 3.05) is 0 Å². The molecule has 2 nitrogen and oxygen atoms in total. The van der Waals surface area contributed by atoms with Crippen LogP contribution in [0.1, 0.15) is 17.5 Å². The highest BCUT2D eigenvalue weighted by molar-refractivity contribution is 5.41. The van der Waals surface area contributed by atoms with E-state index in [1.165, 1.54) is 24.3 Å². The van der Waals surface area contributed by atoms with Gasteiger partial charge in [0, 0.05) is 11.1 Å². The van der Waals surface area contributed by atoms with Crippen LogP contribution in [0.15, 0.2) is 48.5 Å². The molecule has 2 aromatic carbocycles. The molecule has 0 radical (unpaired) electrons. The van der Waals surface area contributed by atoms with Gasteiger partial charge in [-0.05, 0) is 48.5 Å². The summed E-state index contributed by atoms with van der Waals surface area (Å²) in [5, 5.41) is 0. The lowest BCUT2D eigenvalue weighted by Crippen LogP contribution is -2.16. The van der Waals surface area contributed by atoms with E-state index in [0.717, 1.165) is 24.3 Å². The quantitative estimate of drug-likeness (QED) is 0.518. The summed E-state index contributed by atoms with van der Waals surface area (Å²) in [4.78, 5) is 0. The van der Waals surface area contributed by atoms with Crippen molar-refractivity contribution in [3.8, 4) is 35.2 Å². The molecule has 0 fully saturated rings. The van der Waals surface area contributed by atoms with Crippen LogP contribution in [0, 0.1) is 23.7 Å². The lowest BCUT2D eigenvalue weighted by atomic mass is 10.2. The van der Waals surface area contributed by atoms with Crippen molar-refractivity contribution in [1.29, 1.82) is 0 Å². The second kappa shape index (κ2) is 8.41. The van der Waals surface area contributed by atoms with Crippen LogP contribution in [0.5, 0.6) is 11.5 Å². The molecule has 0 bridgehead atoms. The van der Waals surface area contributed by atoms with Crippen LogP contribution >= 0.6 is 0 Å². The van der Waals surface area contributed by atoms with Gasteiger partial charge in [-0.2, -0.15) is 0 Å². The molecule has 0 N–H and O–H groups in total. The van der Waals surface area contributed by atoms with Gasteiger partial charge in [0.2, 0.25) is 0 Å². The summed E-state index contributed by atoms with van der Waals surface area (Å²) in [5.74, 6) is 10.2. The second-order valence-electron chi connectivity index (χ2n) is 4.92. The summed E-state index contributed by atoms with van der Waals surface area (Å²) in [6.45, 7) is 0. The van der Waals surface area contributed by atoms with Gasteiger partial charge in [0.25, 0.3) is 0 Å². The molecule has 0 aliphatic rings. The fourth-order valence-electron chi connectivity index (χ4n) is 1.82. The number of hydrogen-bond donors (Lipinski definition) is 0. The summed E-state index contributed by atoms with van der Waals surface area (Å²) < 4.78 is 79.7. The predicted octanol–water partition coefficient (Wildman–Crippen LogP) is 5.28. The molecule has 2 rings (SSSR count). The molecule has 0 aromatic heterocycles. The van der Waals surface area contributed by atoms with E-state index in [9.17, 15) is 26.3 Å². The summed E-state index contributed by atoms with van der Waals surface area (Å²) in [6, 6.07) is 10.1. The minimum absolute atomic E-state index is 0.168. The van der Waals surface area contributed by atoms with Crippen LogP contribution in [-0.4, -0.2) is 12.7 Å². The van der Waals surface area contributed by atoms with Crippen LogP contribution < -0.4 is 9.47 Å². The van der Waals surface area contributed by atoms with Gasteiger partial charge in [0.1, 0.15) is 11.5 Å². The number of alkyl halides is 6. The van der Waals surface area contributed by atoms with Crippen molar-refractivity contribution in [3.63, 3.8) is 0 Å². The van der Waals surface area contributed by atoms with Crippen LogP contribution in [-0.2, 0) is 0 Å². The average molecular weight is 384 g/mol. The van der Waals surface area contributed by atoms with E-state index < -0.39 is 12.7 Å². The van der Waals surface area contributed by atoms with E-state index in [2.05, 4.69) is 33.2 Å². The first-order valence-electron chi connectivity index (χ1n) is 7.30. The van der Waals surface area contributed by atoms with Crippen molar-refractivity contribution in [2.45, 2.75) is 19.1 Å². The van der Waals surface area contributed by atoms with Crippen molar-refractivity contribution < 1.29 is 35.8 Å². The monoisotopic (exact) mass is 384 g/mol. The van der Waals surface area contributed by atoms with Crippen molar-refractivity contribution in [1.82, 2.24) is 0 Å². The van der Waals surface area contributed by atoms with Gasteiger partial charge in [-0.15, -0.1) is 26.3 Å². The van der Waals surface area contributed by atoms with Gasteiger partial charge in [-0.3, -0.25) is 0 Å². The number of ether oxygens (including phenoxy) is 2. The first kappa shape index (κ1) is 20.1. The Morgan fingerprint density at radius 1 is 0.593 bits per heavy atom. The van der Waals surface area contributed by atoms with Gasteiger partial charge in [-0.1, -0.05) is 23.7 Å². The molecule has 0 saturated carbocycles. The second-order valence-corrected chi connectivity index (χ2v) is 4.92. The normalized spacial score (nSPS) is 10.9. The molecule has 27 heavy (non-hydrogen) atoms. The van der Waals surface area contributed by atoms with E-state index in [4.69, 9.17) is 0 Å².